The van der Waals surface area contributed by atoms with Crippen molar-refractivity contribution in [2.75, 3.05) is 32.8 Å². The molecule has 1 aromatic rings. The van der Waals surface area contributed by atoms with Gasteiger partial charge in [-0.05, 0) is 63.9 Å². The summed E-state index contributed by atoms with van der Waals surface area (Å²) < 4.78 is 40.9. The maximum absolute atomic E-state index is 11.8. The van der Waals surface area contributed by atoms with Crippen molar-refractivity contribution in [2.45, 2.75) is 93.7 Å². The van der Waals surface area contributed by atoms with Crippen LogP contribution in [0.15, 0.2) is 48.1 Å². The second kappa shape index (κ2) is 19.5. The topological polar surface area (TPSA) is 12.5 Å². The van der Waals surface area contributed by atoms with Gasteiger partial charge in [-0.15, -0.1) is 0 Å². The molecular formula is C32H54F3NO. The van der Waals surface area contributed by atoms with Crippen LogP contribution in [0.5, 0.6) is 0 Å². The highest BCUT2D eigenvalue weighted by Gasteiger charge is 2.32. The number of allylic oxidation sites excluding steroid dienone is 3. The number of alkyl halides is 3. The Morgan fingerprint density at radius 2 is 1.46 bits per heavy atom. The Bertz CT molecular complexity index is 732. The average Bonchev–Trinajstić information content (AvgIpc) is 3.23. The summed E-state index contributed by atoms with van der Waals surface area (Å²) in [6, 6.07) is 6.37. The van der Waals surface area contributed by atoms with E-state index in [2.05, 4.69) is 45.2 Å². The molecule has 2 aliphatic rings. The predicted molar refractivity (Wildman–Crippen MR) is 154 cm³/mol. The Balaban J connectivity index is 0.000000547. The molecule has 3 rings (SSSR count). The van der Waals surface area contributed by atoms with Gasteiger partial charge in [0.25, 0.3) is 0 Å². The summed E-state index contributed by atoms with van der Waals surface area (Å²) in [7, 11) is 0. The molecule has 0 spiro atoms. The Morgan fingerprint density at radius 1 is 0.973 bits per heavy atom. The standard InChI is InChI=1S/C14H27NO.C9H9F3.C7H12.C2H6/c1-3-13-9-12(10-14(13)4-2)11-15-5-7-16-8-6-15;1-7-2-4-8(5-3-7)6-9(10,11)12;1-6(2)5-7(3)4;1-2/h12-14H,3-11H2,1-2H3;2-5H,6H2,1H3;5H,1H2,2-4H3;1-2H3. The van der Waals surface area contributed by atoms with Gasteiger partial charge in [-0.25, -0.2) is 0 Å². The molecule has 2 unspecified atom stereocenters. The van der Waals surface area contributed by atoms with Crippen LogP contribution in [0.25, 0.3) is 0 Å². The van der Waals surface area contributed by atoms with Crippen molar-refractivity contribution in [3.8, 4) is 0 Å². The maximum atomic E-state index is 11.8. The molecule has 1 saturated heterocycles. The molecule has 214 valence electrons. The summed E-state index contributed by atoms with van der Waals surface area (Å²) in [4.78, 5) is 2.61. The van der Waals surface area contributed by atoms with E-state index in [1.54, 1.807) is 12.1 Å². The number of halogens is 3. The highest BCUT2D eigenvalue weighted by molar-refractivity contribution is 5.21. The van der Waals surface area contributed by atoms with E-state index in [9.17, 15) is 13.2 Å². The summed E-state index contributed by atoms with van der Waals surface area (Å²) in [6.07, 6.45) is 2.84. The third kappa shape index (κ3) is 17.5. The molecular weight excluding hydrogens is 471 g/mol. The van der Waals surface area contributed by atoms with Crippen LogP contribution in [0.3, 0.4) is 0 Å². The zero-order valence-corrected chi connectivity index (χ0v) is 24.9. The van der Waals surface area contributed by atoms with Gasteiger partial charge in [-0.1, -0.05) is 94.2 Å². The number of hydrogen-bond donors (Lipinski definition) is 0. The molecule has 1 aliphatic carbocycles. The van der Waals surface area contributed by atoms with Crippen molar-refractivity contribution in [3.05, 3.63) is 59.2 Å². The Kier molecular flexibility index (Phi) is 18.6. The third-order valence-electron chi connectivity index (χ3n) is 6.67. The molecule has 1 aromatic carbocycles. The summed E-state index contributed by atoms with van der Waals surface area (Å²) in [6.45, 7) is 26.0. The van der Waals surface area contributed by atoms with Crippen molar-refractivity contribution in [1.82, 2.24) is 4.90 Å². The second-order valence-corrected chi connectivity index (χ2v) is 10.4. The van der Waals surface area contributed by atoms with E-state index in [4.69, 9.17) is 4.74 Å². The molecule has 5 heteroatoms. The summed E-state index contributed by atoms with van der Waals surface area (Å²) in [5.41, 5.74) is 3.72. The van der Waals surface area contributed by atoms with Gasteiger partial charge < -0.3 is 4.74 Å². The largest absolute Gasteiger partial charge is 0.393 e. The summed E-state index contributed by atoms with van der Waals surface area (Å²) in [5, 5.41) is 0. The molecule has 2 nitrogen and oxygen atoms in total. The highest BCUT2D eigenvalue weighted by atomic mass is 19.4. The molecule has 1 aliphatic heterocycles. The molecule has 0 bridgehead atoms. The number of rotatable bonds is 6. The number of aryl methyl sites for hydroxylation is 1. The zero-order chi connectivity index (χ0) is 28.4. The number of hydrogen-bond acceptors (Lipinski definition) is 2. The first kappa shape index (κ1) is 35.4. The third-order valence-corrected chi connectivity index (χ3v) is 6.67. The molecule has 2 atom stereocenters. The summed E-state index contributed by atoms with van der Waals surface area (Å²) in [5.74, 6) is 2.99. The van der Waals surface area contributed by atoms with Gasteiger partial charge in [0.2, 0.25) is 0 Å². The van der Waals surface area contributed by atoms with Crippen molar-refractivity contribution in [2.24, 2.45) is 17.8 Å². The van der Waals surface area contributed by atoms with Gasteiger partial charge in [0, 0.05) is 19.6 Å². The SMILES string of the molecule is C=C(C)C=C(C)C.CC.CCC1CC(CN2CCOCC2)CC1CC.Cc1ccc(CC(F)(F)F)cc1. The normalized spacial score (nSPS) is 21.3. The lowest BCUT2D eigenvalue weighted by molar-refractivity contribution is -0.127. The van der Waals surface area contributed by atoms with Crippen molar-refractivity contribution in [3.63, 3.8) is 0 Å². The first-order chi connectivity index (χ1) is 17.4. The van der Waals surface area contributed by atoms with Crippen LogP contribution in [0.1, 0.15) is 85.3 Å². The minimum atomic E-state index is -4.10. The van der Waals surface area contributed by atoms with E-state index in [0.29, 0.717) is 5.56 Å². The van der Waals surface area contributed by atoms with Gasteiger partial charge in [0.15, 0.2) is 0 Å². The van der Waals surface area contributed by atoms with Gasteiger partial charge in [-0.2, -0.15) is 13.2 Å². The lowest BCUT2D eigenvalue weighted by atomic mass is 9.92. The van der Waals surface area contributed by atoms with Gasteiger partial charge >= 0.3 is 6.18 Å². The zero-order valence-electron chi connectivity index (χ0n) is 24.9. The van der Waals surface area contributed by atoms with Crippen molar-refractivity contribution in [1.29, 1.82) is 0 Å². The van der Waals surface area contributed by atoms with Gasteiger partial charge in [0.05, 0.1) is 19.6 Å². The first-order valence-electron chi connectivity index (χ1n) is 14.2. The maximum Gasteiger partial charge on any atom is 0.393 e. The monoisotopic (exact) mass is 525 g/mol. The molecule has 0 N–H and O–H groups in total. The quantitative estimate of drug-likeness (QED) is 0.343. The van der Waals surface area contributed by atoms with Crippen LogP contribution < -0.4 is 0 Å². The molecule has 1 saturated carbocycles. The fraction of sp³-hybridized carbons (Fsp3) is 0.688. The smallest absolute Gasteiger partial charge is 0.379 e. The van der Waals surface area contributed by atoms with Crippen LogP contribution >= 0.6 is 0 Å². The molecule has 2 fully saturated rings. The van der Waals surface area contributed by atoms with Gasteiger partial charge in [-0.3, -0.25) is 4.90 Å². The lowest BCUT2D eigenvalue weighted by Gasteiger charge is -2.29. The number of ether oxygens (including phenoxy) is 1. The second-order valence-electron chi connectivity index (χ2n) is 10.4. The fourth-order valence-corrected chi connectivity index (χ4v) is 5.07. The Labute approximate surface area is 226 Å². The molecule has 37 heavy (non-hydrogen) atoms. The van der Waals surface area contributed by atoms with E-state index in [1.165, 1.54) is 49.9 Å². The van der Waals surface area contributed by atoms with E-state index in [-0.39, 0.29) is 0 Å². The Hall–Kier alpha value is -1.59. The number of nitrogens with zero attached hydrogens (tertiary/aromatic N) is 1. The van der Waals surface area contributed by atoms with E-state index in [1.807, 2.05) is 27.7 Å². The number of benzene rings is 1. The van der Waals surface area contributed by atoms with E-state index in [0.717, 1.165) is 55.2 Å². The Morgan fingerprint density at radius 3 is 1.81 bits per heavy atom. The van der Waals surface area contributed by atoms with E-state index < -0.39 is 12.6 Å². The average molecular weight is 526 g/mol. The van der Waals surface area contributed by atoms with Gasteiger partial charge in [0.1, 0.15) is 0 Å². The number of morpholine rings is 1. The van der Waals surface area contributed by atoms with Crippen molar-refractivity contribution < 1.29 is 17.9 Å². The van der Waals surface area contributed by atoms with E-state index >= 15 is 0 Å². The molecule has 0 aromatic heterocycles. The predicted octanol–water partition coefficient (Wildman–Crippen LogP) is 9.44. The van der Waals surface area contributed by atoms with Crippen LogP contribution in [0.2, 0.25) is 0 Å². The van der Waals surface area contributed by atoms with Crippen LogP contribution in [0, 0.1) is 24.7 Å². The van der Waals surface area contributed by atoms with Crippen LogP contribution in [-0.4, -0.2) is 43.9 Å². The van der Waals surface area contributed by atoms with Crippen LogP contribution in [0.4, 0.5) is 13.2 Å². The minimum Gasteiger partial charge on any atom is -0.379 e. The van der Waals surface area contributed by atoms with Crippen LogP contribution in [-0.2, 0) is 11.2 Å². The highest BCUT2D eigenvalue weighted by Crippen LogP contribution is 2.40. The molecule has 0 radical (unpaired) electrons. The first-order valence-corrected chi connectivity index (χ1v) is 14.2. The fourth-order valence-electron chi connectivity index (χ4n) is 5.07. The van der Waals surface area contributed by atoms with Crippen molar-refractivity contribution >= 4 is 0 Å². The minimum absolute atomic E-state index is 0.313. The lowest BCUT2D eigenvalue weighted by Crippen LogP contribution is -2.39. The molecule has 1 heterocycles. The molecule has 0 amide bonds. The summed E-state index contributed by atoms with van der Waals surface area (Å²) >= 11 is 0.